The van der Waals surface area contributed by atoms with Crippen LogP contribution in [-0.2, 0) is 0 Å². The molecule has 0 amide bonds. The number of nitrogens with one attached hydrogen (secondary N) is 1. The zero-order valence-corrected chi connectivity index (χ0v) is 16.4. The number of halogens is 3. The molecule has 0 saturated carbocycles. The number of aryl methyl sites for hydroxylation is 1. The van der Waals surface area contributed by atoms with Crippen LogP contribution in [0, 0.1) is 6.92 Å². The number of benzene rings is 1. The van der Waals surface area contributed by atoms with E-state index in [9.17, 15) is 13.2 Å². The summed E-state index contributed by atoms with van der Waals surface area (Å²) in [5, 5.41) is 2.92. The van der Waals surface area contributed by atoms with Gasteiger partial charge < -0.3 is 24.3 Å². The number of rotatable bonds is 4. The minimum Gasteiger partial charge on any atom is -0.486 e. The lowest BCUT2D eigenvalue weighted by molar-refractivity contribution is -0.274. The van der Waals surface area contributed by atoms with Crippen molar-refractivity contribution in [1.82, 2.24) is 19.5 Å². The third-order valence-electron chi connectivity index (χ3n) is 4.64. The average Bonchev–Trinajstić information content (AvgIpc) is 3.10. The molecule has 0 bridgehead atoms. The number of nitrogens with zero attached hydrogens (tertiary/aromatic N) is 5. The van der Waals surface area contributed by atoms with E-state index in [1.54, 1.807) is 19.2 Å². The summed E-state index contributed by atoms with van der Waals surface area (Å²) in [5.74, 6) is 0.996. The molecular formula is C19H19F3N6O2. The van der Waals surface area contributed by atoms with Gasteiger partial charge in [-0.3, -0.25) is 0 Å². The lowest BCUT2D eigenvalue weighted by Gasteiger charge is -2.32. The Morgan fingerprint density at radius 1 is 1.27 bits per heavy atom. The lowest BCUT2D eigenvalue weighted by Crippen LogP contribution is -2.38. The molecule has 4 rings (SSSR count). The van der Waals surface area contributed by atoms with Crippen LogP contribution in [0.2, 0.25) is 0 Å². The molecule has 1 unspecified atom stereocenters. The van der Waals surface area contributed by atoms with Crippen LogP contribution < -0.4 is 19.7 Å². The second-order valence-electron chi connectivity index (χ2n) is 6.93. The highest BCUT2D eigenvalue weighted by Crippen LogP contribution is 2.34. The lowest BCUT2D eigenvalue weighted by atomic mass is 10.2. The largest absolute Gasteiger partial charge is 0.573 e. The molecule has 0 spiro atoms. The fourth-order valence-electron chi connectivity index (χ4n) is 3.00. The van der Waals surface area contributed by atoms with Crippen LogP contribution in [0.5, 0.6) is 11.5 Å². The van der Waals surface area contributed by atoms with Crippen LogP contribution in [0.15, 0.2) is 36.9 Å². The maximum Gasteiger partial charge on any atom is 0.573 e. The van der Waals surface area contributed by atoms with Gasteiger partial charge in [-0.05, 0) is 26.0 Å². The molecule has 8 nitrogen and oxygen atoms in total. The molecule has 1 aliphatic rings. The van der Waals surface area contributed by atoms with Gasteiger partial charge in [0.15, 0.2) is 17.3 Å². The van der Waals surface area contributed by atoms with Crippen molar-refractivity contribution in [3.63, 3.8) is 0 Å². The molecule has 1 aliphatic heterocycles. The number of hydrogen-bond donors (Lipinski definition) is 1. The summed E-state index contributed by atoms with van der Waals surface area (Å²) in [4.78, 5) is 14.6. The van der Waals surface area contributed by atoms with Crippen molar-refractivity contribution in [2.45, 2.75) is 26.3 Å². The van der Waals surface area contributed by atoms with Crippen molar-refractivity contribution in [3.05, 3.63) is 42.6 Å². The summed E-state index contributed by atoms with van der Waals surface area (Å²) in [6, 6.07) is 4.48. The van der Waals surface area contributed by atoms with E-state index in [0.717, 1.165) is 0 Å². The van der Waals surface area contributed by atoms with E-state index in [-0.39, 0.29) is 23.4 Å². The van der Waals surface area contributed by atoms with Gasteiger partial charge in [-0.25, -0.2) is 9.97 Å². The van der Waals surface area contributed by atoms with Crippen molar-refractivity contribution in [2.24, 2.45) is 0 Å². The zero-order valence-electron chi connectivity index (χ0n) is 16.4. The molecule has 3 heterocycles. The first-order valence-electron chi connectivity index (χ1n) is 9.10. The number of aromatic nitrogens is 4. The topological polar surface area (TPSA) is 77.3 Å². The number of hydrogen-bond acceptors (Lipinski definition) is 7. The minimum absolute atomic E-state index is 0.130. The molecular weight excluding hydrogens is 401 g/mol. The fourth-order valence-corrected chi connectivity index (χ4v) is 3.00. The van der Waals surface area contributed by atoms with Gasteiger partial charge in [-0.15, -0.1) is 13.2 Å². The number of anilines is 3. The highest BCUT2D eigenvalue weighted by atomic mass is 19.4. The normalized spacial score (nSPS) is 16.1. The zero-order chi connectivity index (χ0) is 21.5. The molecule has 158 valence electrons. The number of alkyl halides is 3. The van der Waals surface area contributed by atoms with Crippen LogP contribution in [0.1, 0.15) is 12.6 Å². The standard InChI is InChI=1S/C19H19F3N6O2/c1-11-8-28(10-24-11)14-5-4-13(6-15(14)30-19(20,21)22)25-18-23-7-16-17(26-18)27(3)12(2)9-29-16/h4-8,10,12H,9H2,1-3H3,(H,23,25,26). The van der Waals surface area contributed by atoms with E-state index in [1.807, 2.05) is 18.9 Å². The van der Waals surface area contributed by atoms with E-state index in [1.165, 1.54) is 29.2 Å². The Balaban J connectivity index is 1.66. The van der Waals surface area contributed by atoms with Gasteiger partial charge in [0, 0.05) is 25.0 Å². The molecule has 0 saturated heterocycles. The van der Waals surface area contributed by atoms with Gasteiger partial charge in [-0.2, -0.15) is 4.98 Å². The van der Waals surface area contributed by atoms with Gasteiger partial charge in [0.25, 0.3) is 0 Å². The predicted octanol–water partition coefficient (Wildman–Crippen LogP) is 3.83. The molecule has 11 heteroatoms. The van der Waals surface area contributed by atoms with Crippen LogP contribution in [0.25, 0.3) is 5.69 Å². The van der Waals surface area contributed by atoms with Crippen LogP contribution >= 0.6 is 0 Å². The molecule has 3 aromatic rings. The summed E-state index contributed by atoms with van der Waals surface area (Å²) in [7, 11) is 1.89. The van der Waals surface area contributed by atoms with E-state index >= 15 is 0 Å². The molecule has 1 atom stereocenters. The average molecular weight is 420 g/mol. The van der Waals surface area contributed by atoms with Gasteiger partial charge in [0.1, 0.15) is 6.61 Å². The van der Waals surface area contributed by atoms with Gasteiger partial charge in [0.05, 0.1) is 29.9 Å². The summed E-state index contributed by atoms with van der Waals surface area (Å²) in [6.07, 6.45) is -0.288. The highest BCUT2D eigenvalue weighted by molar-refractivity contribution is 5.64. The SMILES string of the molecule is Cc1cn(-c2ccc(Nc3ncc4c(n3)N(C)C(C)CO4)cc2OC(F)(F)F)cn1. The Labute approximate surface area is 170 Å². The fraction of sp³-hybridized carbons (Fsp3) is 0.316. The van der Waals surface area contributed by atoms with Crippen LogP contribution in [0.4, 0.5) is 30.6 Å². The van der Waals surface area contributed by atoms with Crippen LogP contribution in [-0.4, -0.2) is 45.6 Å². The first kappa shape index (κ1) is 19.8. The van der Waals surface area contributed by atoms with E-state index in [0.29, 0.717) is 29.6 Å². The monoisotopic (exact) mass is 420 g/mol. The number of ether oxygens (including phenoxy) is 2. The number of likely N-dealkylation sites (N-methyl/N-ethyl adjacent to an activating group) is 1. The van der Waals surface area contributed by atoms with E-state index in [4.69, 9.17) is 4.74 Å². The first-order valence-corrected chi connectivity index (χ1v) is 9.10. The molecule has 2 aromatic heterocycles. The quantitative estimate of drug-likeness (QED) is 0.687. The second-order valence-corrected chi connectivity index (χ2v) is 6.93. The van der Waals surface area contributed by atoms with Crippen LogP contribution in [0.3, 0.4) is 0 Å². The smallest absolute Gasteiger partial charge is 0.486 e. The summed E-state index contributed by atoms with van der Waals surface area (Å²) >= 11 is 0. The molecule has 0 fully saturated rings. The number of imidazole rings is 1. The Morgan fingerprint density at radius 2 is 2.07 bits per heavy atom. The molecule has 30 heavy (non-hydrogen) atoms. The van der Waals surface area contributed by atoms with Crippen molar-refractivity contribution >= 4 is 17.5 Å². The molecule has 0 radical (unpaired) electrons. The van der Waals surface area contributed by atoms with Crippen molar-refractivity contribution < 1.29 is 22.6 Å². The van der Waals surface area contributed by atoms with Gasteiger partial charge in [0.2, 0.25) is 5.95 Å². The van der Waals surface area contributed by atoms with Gasteiger partial charge >= 0.3 is 6.36 Å². The third-order valence-corrected chi connectivity index (χ3v) is 4.64. The van der Waals surface area contributed by atoms with E-state index in [2.05, 4.69) is 25.0 Å². The molecule has 0 aliphatic carbocycles. The minimum atomic E-state index is -4.85. The van der Waals surface area contributed by atoms with E-state index < -0.39 is 6.36 Å². The Kier molecular flexibility index (Phi) is 4.88. The van der Waals surface area contributed by atoms with Crippen molar-refractivity contribution in [1.29, 1.82) is 0 Å². The molecule has 1 N–H and O–H groups in total. The highest BCUT2D eigenvalue weighted by Gasteiger charge is 2.32. The Morgan fingerprint density at radius 3 is 2.77 bits per heavy atom. The Bertz CT molecular complexity index is 1070. The summed E-state index contributed by atoms with van der Waals surface area (Å²) in [5.41, 5.74) is 1.20. The second kappa shape index (κ2) is 7.39. The van der Waals surface area contributed by atoms with Crippen molar-refractivity contribution in [3.8, 4) is 17.2 Å². The van der Waals surface area contributed by atoms with Crippen molar-refractivity contribution in [2.75, 3.05) is 23.9 Å². The maximum absolute atomic E-state index is 13.0. The van der Waals surface area contributed by atoms with Gasteiger partial charge in [-0.1, -0.05) is 0 Å². The maximum atomic E-state index is 13.0. The Hall–Kier alpha value is -3.50. The number of fused-ring (bicyclic) bond motifs is 1. The predicted molar refractivity (Wildman–Crippen MR) is 104 cm³/mol. The third kappa shape index (κ3) is 4.09. The summed E-state index contributed by atoms with van der Waals surface area (Å²) in [6.45, 7) is 4.26. The molecule has 1 aromatic carbocycles. The first-order chi connectivity index (χ1) is 14.2. The summed E-state index contributed by atoms with van der Waals surface area (Å²) < 4.78 is 50.2.